The average molecular weight is 287 g/mol. The van der Waals surface area contributed by atoms with Gasteiger partial charge in [-0.25, -0.2) is 0 Å². The topological polar surface area (TPSA) is 12.0 Å². The van der Waals surface area contributed by atoms with Crippen LogP contribution in [0.15, 0.2) is 24.3 Å². The lowest BCUT2D eigenvalue weighted by molar-refractivity contribution is -0.137. The molecule has 4 heteroatoms. The van der Waals surface area contributed by atoms with E-state index in [1.807, 2.05) is 7.05 Å². The number of benzene rings is 1. The maximum atomic E-state index is 12.4. The number of hydrogen-bond acceptors (Lipinski definition) is 1. The highest BCUT2D eigenvalue weighted by molar-refractivity contribution is 5.24. The van der Waals surface area contributed by atoms with Crippen LogP contribution in [0.3, 0.4) is 0 Å². The minimum Gasteiger partial charge on any atom is -0.316 e. The number of rotatable bonds is 5. The third kappa shape index (κ3) is 5.16. The first kappa shape index (κ1) is 17.0. The lowest BCUT2D eigenvalue weighted by Gasteiger charge is -2.30. The van der Waals surface area contributed by atoms with E-state index in [1.165, 1.54) is 0 Å². The Hall–Kier alpha value is -1.03. The number of aryl methyl sites for hydroxylation is 1. The molecule has 1 unspecified atom stereocenters. The Labute approximate surface area is 119 Å². The molecule has 1 rings (SSSR count). The fraction of sp³-hybridized carbons (Fsp3) is 0.625. The smallest absolute Gasteiger partial charge is 0.316 e. The van der Waals surface area contributed by atoms with Crippen LogP contribution in [0, 0.1) is 5.41 Å². The van der Waals surface area contributed by atoms with Gasteiger partial charge in [0.25, 0.3) is 0 Å². The minimum atomic E-state index is -4.25. The number of hydrogen-bond donors (Lipinski definition) is 1. The SMILES string of the molecule is CNC(CCCc1ccc(C(F)(F)F)cc1)C(C)(C)C. The van der Waals surface area contributed by atoms with Crippen LogP contribution in [0.4, 0.5) is 13.2 Å². The summed E-state index contributed by atoms with van der Waals surface area (Å²) in [6.45, 7) is 6.56. The third-order valence-corrected chi connectivity index (χ3v) is 3.63. The van der Waals surface area contributed by atoms with Crippen molar-refractivity contribution >= 4 is 0 Å². The second-order valence-corrected chi connectivity index (χ2v) is 6.29. The van der Waals surface area contributed by atoms with Crippen molar-refractivity contribution in [2.75, 3.05) is 7.05 Å². The molecule has 0 amide bonds. The van der Waals surface area contributed by atoms with Gasteiger partial charge >= 0.3 is 6.18 Å². The summed E-state index contributed by atoms with van der Waals surface area (Å²) in [5, 5.41) is 3.31. The Morgan fingerprint density at radius 1 is 1.05 bits per heavy atom. The van der Waals surface area contributed by atoms with E-state index in [0.717, 1.165) is 37.0 Å². The van der Waals surface area contributed by atoms with Crippen molar-refractivity contribution in [3.63, 3.8) is 0 Å². The molecule has 0 saturated carbocycles. The van der Waals surface area contributed by atoms with Crippen LogP contribution in [-0.4, -0.2) is 13.1 Å². The van der Waals surface area contributed by atoms with Gasteiger partial charge in [0.1, 0.15) is 0 Å². The fourth-order valence-corrected chi connectivity index (χ4v) is 2.38. The molecule has 0 saturated heterocycles. The van der Waals surface area contributed by atoms with Crippen molar-refractivity contribution in [3.05, 3.63) is 35.4 Å². The number of halogens is 3. The van der Waals surface area contributed by atoms with E-state index in [-0.39, 0.29) is 5.41 Å². The van der Waals surface area contributed by atoms with E-state index >= 15 is 0 Å². The summed E-state index contributed by atoms with van der Waals surface area (Å²) < 4.78 is 37.3. The molecule has 0 heterocycles. The number of alkyl halides is 3. The third-order valence-electron chi connectivity index (χ3n) is 3.63. The second-order valence-electron chi connectivity index (χ2n) is 6.29. The summed E-state index contributed by atoms with van der Waals surface area (Å²) in [7, 11) is 1.95. The van der Waals surface area contributed by atoms with Crippen LogP contribution < -0.4 is 5.32 Å². The van der Waals surface area contributed by atoms with Gasteiger partial charge < -0.3 is 5.32 Å². The van der Waals surface area contributed by atoms with Crippen molar-refractivity contribution in [2.24, 2.45) is 5.41 Å². The fourth-order valence-electron chi connectivity index (χ4n) is 2.38. The van der Waals surface area contributed by atoms with E-state index in [2.05, 4.69) is 26.1 Å². The summed E-state index contributed by atoms with van der Waals surface area (Å²) in [6, 6.07) is 5.89. The largest absolute Gasteiger partial charge is 0.416 e. The molecule has 0 aromatic heterocycles. The monoisotopic (exact) mass is 287 g/mol. The molecule has 0 spiro atoms. The molecule has 1 aromatic carbocycles. The van der Waals surface area contributed by atoms with Crippen molar-refractivity contribution in [3.8, 4) is 0 Å². The van der Waals surface area contributed by atoms with E-state index in [0.29, 0.717) is 6.04 Å². The quantitative estimate of drug-likeness (QED) is 0.830. The minimum absolute atomic E-state index is 0.189. The lowest BCUT2D eigenvalue weighted by atomic mass is 9.83. The van der Waals surface area contributed by atoms with Crippen LogP contribution in [0.5, 0.6) is 0 Å². The molecule has 0 fully saturated rings. The highest BCUT2D eigenvalue weighted by atomic mass is 19.4. The predicted molar refractivity (Wildman–Crippen MR) is 76.7 cm³/mol. The summed E-state index contributed by atoms with van der Waals surface area (Å²) >= 11 is 0. The van der Waals surface area contributed by atoms with Crippen molar-refractivity contribution in [1.29, 1.82) is 0 Å². The first-order chi connectivity index (χ1) is 9.14. The van der Waals surface area contributed by atoms with E-state index in [9.17, 15) is 13.2 Å². The molecular weight excluding hydrogens is 263 g/mol. The second kappa shape index (κ2) is 6.61. The maximum Gasteiger partial charge on any atom is 0.416 e. The Morgan fingerprint density at radius 3 is 2.00 bits per heavy atom. The van der Waals surface area contributed by atoms with Gasteiger partial charge in [-0.05, 0) is 49.4 Å². The predicted octanol–water partition coefficient (Wildman–Crippen LogP) is 4.66. The van der Waals surface area contributed by atoms with Gasteiger partial charge in [-0.15, -0.1) is 0 Å². The summed E-state index contributed by atoms with van der Waals surface area (Å²) in [5.74, 6) is 0. The Kier molecular flexibility index (Phi) is 5.63. The Morgan fingerprint density at radius 2 is 1.60 bits per heavy atom. The van der Waals surface area contributed by atoms with Gasteiger partial charge in [0.05, 0.1) is 5.56 Å². The molecule has 1 N–H and O–H groups in total. The zero-order chi connectivity index (χ0) is 15.4. The molecule has 0 bridgehead atoms. The van der Waals surface area contributed by atoms with Gasteiger partial charge in [0.2, 0.25) is 0 Å². The summed E-state index contributed by atoms with van der Waals surface area (Å²) in [5.41, 5.74) is 0.570. The molecule has 114 valence electrons. The standard InChI is InChI=1S/C16H24F3N/c1-15(2,3)14(20-4)7-5-6-12-8-10-13(11-9-12)16(17,18)19/h8-11,14,20H,5-7H2,1-4H3. The Balaban J connectivity index is 2.51. The summed E-state index contributed by atoms with van der Waals surface area (Å²) in [6.07, 6.45) is -1.45. The molecule has 0 aliphatic carbocycles. The van der Waals surface area contributed by atoms with Crippen LogP contribution >= 0.6 is 0 Å². The van der Waals surface area contributed by atoms with Crippen LogP contribution in [0.25, 0.3) is 0 Å². The molecule has 1 atom stereocenters. The normalized spacial score (nSPS) is 14.3. The first-order valence-electron chi connectivity index (χ1n) is 6.98. The zero-order valence-electron chi connectivity index (χ0n) is 12.6. The van der Waals surface area contributed by atoms with Gasteiger partial charge in [-0.1, -0.05) is 32.9 Å². The average Bonchev–Trinajstić information content (AvgIpc) is 2.32. The van der Waals surface area contributed by atoms with Gasteiger partial charge in [0.15, 0.2) is 0 Å². The van der Waals surface area contributed by atoms with Crippen LogP contribution in [-0.2, 0) is 12.6 Å². The molecule has 1 nitrogen and oxygen atoms in total. The highest BCUT2D eigenvalue weighted by Gasteiger charge is 2.29. The van der Waals surface area contributed by atoms with Crippen LogP contribution in [0.1, 0.15) is 44.7 Å². The van der Waals surface area contributed by atoms with Crippen LogP contribution in [0.2, 0.25) is 0 Å². The van der Waals surface area contributed by atoms with E-state index in [1.54, 1.807) is 12.1 Å². The van der Waals surface area contributed by atoms with E-state index in [4.69, 9.17) is 0 Å². The van der Waals surface area contributed by atoms with Crippen molar-refractivity contribution in [1.82, 2.24) is 5.32 Å². The Bertz CT molecular complexity index is 401. The lowest BCUT2D eigenvalue weighted by Crippen LogP contribution is -2.37. The van der Waals surface area contributed by atoms with E-state index < -0.39 is 11.7 Å². The van der Waals surface area contributed by atoms with Crippen molar-refractivity contribution < 1.29 is 13.2 Å². The molecule has 1 aromatic rings. The van der Waals surface area contributed by atoms with Gasteiger partial charge in [0, 0.05) is 6.04 Å². The molecule has 0 aliphatic rings. The zero-order valence-corrected chi connectivity index (χ0v) is 12.6. The van der Waals surface area contributed by atoms with Crippen molar-refractivity contribution in [2.45, 2.75) is 52.3 Å². The molecule has 20 heavy (non-hydrogen) atoms. The molecular formula is C16H24F3N. The molecule has 0 aliphatic heterocycles. The maximum absolute atomic E-state index is 12.4. The highest BCUT2D eigenvalue weighted by Crippen LogP contribution is 2.29. The first-order valence-corrected chi connectivity index (χ1v) is 6.98. The molecule has 0 radical (unpaired) electrons. The summed E-state index contributed by atoms with van der Waals surface area (Å²) in [4.78, 5) is 0. The number of nitrogens with one attached hydrogen (secondary N) is 1. The van der Waals surface area contributed by atoms with Gasteiger partial charge in [-0.2, -0.15) is 13.2 Å². The van der Waals surface area contributed by atoms with Gasteiger partial charge in [-0.3, -0.25) is 0 Å².